The van der Waals surface area contributed by atoms with Crippen LogP contribution >= 0.6 is 0 Å². The van der Waals surface area contributed by atoms with Crippen LogP contribution in [0.5, 0.6) is 0 Å². The van der Waals surface area contributed by atoms with E-state index in [0.29, 0.717) is 28.8 Å². The van der Waals surface area contributed by atoms with Crippen molar-refractivity contribution in [2.75, 3.05) is 20.6 Å². The van der Waals surface area contributed by atoms with Crippen LogP contribution in [0.15, 0.2) is 59.5 Å². The van der Waals surface area contributed by atoms with Crippen LogP contribution in [0.1, 0.15) is 22.4 Å². The van der Waals surface area contributed by atoms with Gasteiger partial charge in [-0.2, -0.15) is 28.1 Å². The maximum absolute atomic E-state index is 13.3. The summed E-state index contributed by atoms with van der Waals surface area (Å²) in [5, 5.41) is 23.7. The molecule has 0 aliphatic heterocycles. The van der Waals surface area contributed by atoms with Crippen molar-refractivity contribution >= 4 is 6.09 Å². The molecule has 0 atom stereocenters. The number of hydrogen-bond donors (Lipinski definition) is 1. The maximum atomic E-state index is 13.3. The number of nitrogens with zero attached hydrogens (tertiary/aromatic N) is 6. The van der Waals surface area contributed by atoms with Crippen LogP contribution in [0.2, 0.25) is 0 Å². The topological polar surface area (TPSA) is 109 Å². The smallest absolute Gasteiger partial charge is 0.420 e. The van der Waals surface area contributed by atoms with Gasteiger partial charge in [0.25, 0.3) is 0 Å². The molecule has 2 aromatic heterocycles. The summed E-state index contributed by atoms with van der Waals surface area (Å²) in [5.74, 6) is 0. The van der Waals surface area contributed by atoms with Gasteiger partial charge in [0.05, 0.1) is 46.2 Å². The molecular formula is C26H23F3N6O3. The normalized spacial score (nSPS) is 11.6. The summed E-state index contributed by atoms with van der Waals surface area (Å²) in [6, 6.07) is 12.7. The molecule has 1 N–H and O–H groups in total. The Morgan fingerprint density at radius 1 is 1.16 bits per heavy atom. The van der Waals surface area contributed by atoms with E-state index >= 15 is 0 Å². The first-order chi connectivity index (χ1) is 17.9. The van der Waals surface area contributed by atoms with Gasteiger partial charge in [0.2, 0.25) is 0 Å². The number of carbonyl (C=O) groups is 1. The van der Waals surface area contributed by atoms with E-state index in [0.717, 1.165) is 28.3 Å². The van der Waals surface area contributed by atoms with E-state index in [-0.39, 0.29) is 22.8 Å². The molecular weight excluding hydrogens is 501 g/mol. The summed E-state index contributed by atoms with van der Waals surface area (Å²) >= 11 is 0. The molecule has 4 aromatic rings. The predicted molar refractivity (Wildman–Crippen MR) is 133 cm³/mol. The Morgan fingerprint density at radius 3 is 2.53 bits per heavy atom. The van der Waals surface area contributed by atoms with Gasteiger partial charge >= 0.3 is 18.0 Å². The Bertz CT molecular complexity index is 1620. The minimum absolute atomic E-state index is 0.0414. The van der Waals surface area contributed by atoms with E-state index < -0.39 is 23.5 Å². The number of aromatic nitrogens is 4. The average molecular weight is 525 g/mol. The minimum atomic E-state index is -4.65. The first-order valence-electron chi connectivity index (χ1n) is 11.4. The van der Waals surface area contributed by atoms with Crippen molar-refractivity contribution in [3.8, 4) is 28.8 Å². The second kappa shape index (κ2) is 10.0. The third-order valence-corrected chi connectivity index (χ3v) is 6.06. The molecule has 38 heavy (non-hydrogen) atoms. The van der Waals surface area contributed by atoms with Gasteiger partial charge in [0.15, 0.2) is 0 Å². The van der Waals surface area contributed by atoms with Crippen molar-refractivity contribution in [3.05, 3.63) is 87.6 Å². The van der Waals surface area contributed by atoms with Crippen LogP contribution in [-0.4, -0.2) is 55.7 Å². The molecule has 0 fully saturated rings. The van der Waals surface area contributed by atoms with E-state index in [9.17, 15) is 33.1 Å². The zero-order valence-electron chi connectivity index (χ0n) is 20.7. The summed E-state index contributed by atoms with van der Waals surface area (Å²) in [7, 11) is 3.80. The number of alkyl halides is 3. The molecule has 0 saturated carbocycles. The number of nitriles is 1. The van der Waals surface area contributed by atoms with E-state index in [2.05, 4.69) is 11.2 Å². The standard InChI is InChI=1S/C26H23F3N6O3/c1-16-23(34(25(37)38)24(36)33(16)20-6-4-5-19(14-20)26(27,28)29)22-9-11-31-35(22)21-8-7-17(15-30)13-18(21)10-12-32(2)3/h4-9,11,13-14H,10,12H2,1-3H3,(H,37,38). The second-order valence-corrected chi connectivity index (χ2v) is 8.85. The van der Waals surface area contributed by atoms with Gasteiger partial charge in [-0.1, -0.05) is 6.07 Å². The Balaban J connectivity index is 1.96. The molecule has 0 amide bonds. The monoisotopic (exact) mass is 524 g/mol. The molecule has 0 bridgehead atoms. The predicted octanol–water partition coefficient (Wildman–Crippen LogP) is 4.32. The Labute approximate surface area is 215 Å². The largest absolute Gasteiger partial charge is 0.464 e. The van der Waals surface area contributed by atoms with Crippen LogP contribution in [0, 0.1) is 18.3 Å². The van der Waals surface area contributed by atoms with Gasteiger partial charge in [-0.3, -0.25) is 4.57 Å². The first-order valence-corrected chi connectivity index (χ1v) is 11.4. The van der Waals surface area contributed by atoms with Crippen LogP contribution < -0.4 is 5.69 Å². The highest BCUT2D eigenvalue weighted by Crippen LogP contribution is 2.32. The number of halogens is 3. The molecule has 12 heteroatoms. The Hall–Kier alpha value is -4.63. The molecule has 0 unspecified atom stereocenters. The fourth-order valence-electron chi connectivity index (χ4n) is 4.29. The van der Waals surface area contributed by atoms with Gasteiger partial charge in [-0.25, -0.2) is 14.3 Å². The van der Waals surface area contributed by atoms with Gasteiger partial charge < -0.3 is 10.0 Å². The molecule has 2 heterocycles. The van der Waals surface area contributed by atoms with Gasteiger partial charge in [-0.15, -0.1) is 0 Å². The van der Waals surface area contributed by atoms with Gasteiger partial charge in [0.1, 0.15) is 5.69 Å². The third-order valence-electron chi connectivity index (χ3n) is 6.06. The fourth-order valence-corrected chi connectivity index (χ4v) is 4.29. The molecule has 0 radical (unpaired) electrons. The lowest BCUT2D eigenvalue weighted by atomic mass is 10.1. The van der Waals surface area contributed by atoms with Crippen LogP contribution in [0.4, 0.5) is 18.0 Å². The molecule has 4 rings (SSSR count). The summed E-state index contributed by atoms with van der Waals surface area (Å²) in [5.41, 5.74) is -0.0526. The Kier molecular flexibility index (Phi) is 6.97. The van der Waals surface area contributed by atoms with Crippen molar-refractivity contribution in [2.45, 2.75) is 19.5 Å². The molecule has 196 valence electrons. The number of imidazole rings is 1. The van der Waals surface area contributed by atoms with E-state index in [4.69, 9.17) is 0 Å². The van der Waals surface area contributed by atoms with Crippen molar-refractivity contribution < 1.29 is 23.1 Å². The summed E-state index contributed by atoms with van der Waals surface area (Å²) in [4.78, 5) is 27.5. The SMILES string of the molecule is Cc1c(-c2ccnn2-c2ccc(C#N)cc2CCN(C)C)n(C(=O)O)c(=O)n1-c1cccc(C(F)(F)F)c1. The zero-order valence-corrected chi connectivity index (χ0v) is 20.7. The lowest BCUT2D eigenvalue weighted by Gasteiger charge is -2.16. The summed E-state index contributed by atoms with van der Waals surface area (Å²) < 4.78 is 42.9. The molecule has 0 spiro atoms. The van der Waals surface area contributed by atoms with Gasteiger partial charge in [-0.05, 0) is 75.5 Å². The molecule has 0 aliphatic carbocycles. The van der Waals surface area contributed by atoms with Crippen LogP contribution in [0.25, 0.3) is 22.8 Å². The number of rotatable bonds is 6. The first kappa shape index (κ1) is 26.4. The number of benzene rings is 2. The van der Waals surface area contributed by atoms with Crippen LogP contribution in [-0.2, 0) is 12.6 Å². The van der Waals surface area contributed by atoms with Crippen LogP contribution in [0.3, 0.4) is 0 Å². The van der Waals surface area contributed by atoms with E-state index in [1.807, 2.05) is 19.0 Å². The molecule has 2 aromatic carbocycles. The highest BCUT2D eigenvalue weighted by atomic mass is 19.4. The summed E-state index contributed by atoms with van der Waals surface area (Å²) in [6.45, 7) is 2.11. The lowest BCUT2D eigenvalue weighted by molar-refractivity contribution is -0.137. The molecule has 9 nitrogen and oxygen atoms in total. The highest BCUT2D eigenvalue weighted by Gasteiger charge is 2.32. The van der Waals surface area contributed by atoms with Gasteiger partial charge in [0, 0.05) is 6.54 Å². The number of likely N-dealkylation sites (N-methyl/N-ethyl adjacent to an activating group) is 1. The second-order valence-electron chi connectivity index (χ2n) is 8.85. The highest BCUT2D eigenvalue weighted by molar-refractivity contribution is 5.78. The quantitative estimate of drug-likeness (QED) is 0.402. The minimum Gasteiger partial charge on any atom is -0.464 e. The zero-order chi connectivity index (χ0) is 27.8. The van der Waals surface area contributed by atoms with E-state index in [1.54, 1.807) is 18.2 Å². The summed E-state index contributed by atoms with van der Waals surface area (Å²) in [6.07, 6.45) is -4.27. The van der Waals surface area contributed by atoms with Crippen molar-refractivity contribution in [3.63, 3.8) is 0 Å². The number of hydrogen-bond acceptors (Lipinski definition) is 5. The molecule has 0 saturated heterocycles. The third kappa shape index (κ3) is 4.83. The maximum Gasteiger partial charge on any atom is 0.420 e. The van der Waals surface area contributed by atoms with E-state index in [1.165, 1.54) is 29.9 Å². The Morgan fingerprint density at radius 2 is 1.89 bits per heavy atom. The fraction of sp³-hybridized carbons (Fsp3) is 0.231. The number of carboxylic acid groups (broad SMARTS) is 1. The average Bonchev–Trinajstić information content (AvgIpc) is 3.43. The van der Waals surface area contributed by atoms with Crippen molar-refractivity contribution in [1.82, 2.24) is 23.8 Å². The van der Waals surface area contributed by atoms with Crippen molar-refractivity contribution in [2.24, 2.45) is 0 Å². The van der Waals surface area contributed by atoms with Crippen molar-refractivity contribution in [1.29, 1.82) is 5.26 Å². The lowest BCUT2D eigenvalue weighted by Crippen LogP contribution is -2.28. The molecule has 0 aliphatic rings.